The summed E-state index contributed by atoms with van der Waals surface area (Å²) >= 11 is 0. The highest BCUT2D eigenvalue weighted by Gasteiger charge is 2.17. The van der Waals surface area contributed by atoms with Crippen LogP contribution in [0.4, 0.5) is 0 Å². The predicted octanol–water partition coefficient (Wildman–Crippen LogP) is 3.82. The molecule has 2 rings (SSSR count). The number of hydrogen-bond donors (Lipinski definition) is 1. The molecule has 0 saturated carbocycles. The number of likely N-dealkylation sites (N-methyl/N-ethyl adjacent to an activating group) is 1. The molecule has 1 aromatic carbocycles. The fourth-order valence-electron chi connectivity index (χ4n) is 2.18. The molecule has 1 unspecified atom stereocenters. The van der Waals surface area contributed by atoms with Crippen molar-refractivity contribution in [2.45, 2.75) is 39.8 Å². The zero-order chi connectivity index (χ0) is 13.8. The van der Waals surface area contributed by atoms with Gasteiger partial charge in [0.05, 0.1) is 18.8 Å². The SMILES string of the molecule is CCNC(COC(C)C)c1cc2cccc(C)c2o1. The molecule has 3 nitrogen and oxygen atoms in total. The van der Waals surface area contributed by atoms with Crippen molar-refractivity contribution in [2.75, 3.05) is 13.2 Å². The third-order valence-corrected chi connectivity index (χ3v) is 3.15. The van der Waals surface area contributed by atoms with E-state index in [1.54, 1.807) is 0 Å². The Bertz CT molecular complexity index is 531. The molecule has 2 aromatic rings. The number of fused-ring (bicyclic) bond motifs is 1. The maximum atomic E-state index is 6.00. The summed E-state index contributed by atoms with van der Waals surface area (Å²) in [5, 5.41) is 4.57. The van der Waals surface area contributed by atoms with E-state index in [-0.39, 0.29) is 12.1 Å². The van der Waals surface area contributed by atoms with Gasteiger partial charge in [-0.15, -0.1) is 0 Å². The van der Waals surface area contributed by atoms with Gasteiger partial charge in [0.2, 0.25) is 0 Å². The van der Waals surface area contributed by atoms with Gasteiger partial charge >= 0.3 is 0 Å². The van der Waals surface area contributed by atoms with Crippen LogP contribution < -0.4 is 5.32 Å². The van der Waals surface area contributed by atoms with Gasteiger partial charge in [-0.25, -0.2) is 0 Å². The van der Waals surface area contributed by atoms with E-state index >= 15 is 0 Å². The Hall–Kier alpha value is -1.32. The molecule has 1 heterocycles. The molecular formula is C16H23NO2. The number of furan rings is 1. The van der Waals surface area contributed by atoms with Crippen molar-refractivity contribution >= 4 is 11.0 Å². The van der Waals surface area contributed by atoms with Crippen LogP contribution in [-0.2, 0) is 4.74 Å². The van der Waals surface area contributed by atoms with Crippen LogP contribution >= 0.6 is 0 Å². The van der Waals surface area contributed by atoms with Gasteiger partial charge in [-0.05, 0) is 38.9 Å². The van der Waals surface area contributed by atoms with E-state index in [0.717, 1.165) is 23.3 Å². The van der Waals surface area contributed by atoms with Gasteiger partial charge in [0, 0.05) is 5.39 Å². The Morgan fingerprint density at radius 3 is 2.74 bits per heavy atom. The Balaban J connectivity index is 2.25. The fourth-order valence-corrected chi connectivity index (χ4v) is 2.18. The average molecular weight is 261 g/mol. The number of aryl methyl sites for hydroxylation is 1. The van der Waals surface area contributed by atoms with E-state index in [0.29, 0.717) is 6.61 Å². The van der Waals surface area contributed by atoms with Crippen molar-refractivity contribution in [1.82, 2.24) is 5.32 Å². The van der Waals surface area contributed by atoms with E-state index in [1.807, 2.05) is 13.8 Å². The van der Waals surface area contributed by atoms with Crippen LogP contribution in [0.1, 0.15) is 38.1 Å². The molecule has 104 valence electrons. The Morgan fingerprint density at radius 1 is 1.32 bits per heavy atom. The summed E-state index contributed by atoms with van der Waals surface area (Å²) in [6.07, 6.45) is 0.229. The number of nitrogens with one attached hydrogen (secondary N) is 1. The molecule has 0 aliphatic heterocycles. The van der Waals surface area contributed by atoms with E-state index in [4.69, 9.17) is 9.15 Å². The van der Waals surface area contributed by atoms with Gasteiger partial charge < -0.3 is 14.5 Å². The van der Waals surface area contributed by atoms with Gasteiger partial charge in [-0.3, -0.25) is 0 Å². The third kappa shape index (κ3) is 3.37. The maximum Gasteiger partial charge on any atom is 0.137 e. The third-order valence-electron chi connectivity index (χ3n) is 3.15. The topological polar surface area (TPSA) is 34.4 Å². The van der Waals surface area contributed by atoms with Crippen molar-refractivity contribution in [2.24, 2.45) is 0 Å². The van der Waals surface area contributed by atoms with Gasteiger partial charge in [0.1, 0.15) is 11.3 Å². The number of benzene rings is 1. The molecule has 1 atom stereocenters. The second-order valence-corrected chi connectivity index (χ2v) is 5.13. The first kappa shape index (κ1) is 14.1. The largest absolute Gasteiger partial charge is 0.459 e. The molecule has 0 bridgehead atoms. The van der Waals surface area contributed by atoms with Crippen molar-refractivity contribution < 1.29 is 9.15 Å². The summed E-state index contributed by atoms with van der Waals surface area (Å²) in [5.74, 6) is 0.951. The minimum atomic E-state index is 0.110. The molecule has 0 aliphatic carbocycles. The zero-order valence-electron chi connectivity index (χ0n) is 12.2. The fraction of sp³-hybridized carbons (Fsp3) is 0.500. The summed E-state index contributed by atoms with van der Waals surface area (Å²) in [5.41, 5.74) is 2.15. The molecule has 0 fully saturated rings. The first-order valence-corrected chi connectivity index (χ1v) is 6.95. The van der Waals surface area contributed by atoms with Crippen molar-refractivity contribution in [1.29, 1.82) is 0 Å². The van der Waals surface area contributed by atoms with Crippen LogP contribution in [0.25, 0.3) is 11.0 Å². The maximum absolute atomic E-state index is 6.00. The van der Waals surface area contributed by atoms with Crippen LogP contribution in [0.3, 0.4) is 0 Å². The van der Waals surface area contributed by atoms with Crippen LogP contribution in [0.5, 0.6) is 0 Å². The van der Waals surface area contributed by atoms with Crippen LogP contribution in [-0.4, -0.2) is 19.3 Å². The highest BCUT2D eigenvalue weighted by Crippen LogP contribution is 2.26. The number of rotatable bonds is 6. The quantitative estimate of drug-likeness (QED) is 0.858. The number of para-hydroxylation sites is 1. The molecule has 0 radical (unpaired) electrons. The number of ether oxygens (including phenoxy) is 1. The zero-order valence-corrected chi connectivity index (χ0v) is 12.2. The van der Waals surface area contributed by atoms with Gasteiger partial charge in [-0.2, -0.15) is 0 Å². The Kier molecular flexibility index (Phi) is 4.61. The van der Waals surface area contributed by atoms with Crippen molar-refractivity contribution in [3.63, 3.8) is 0 Å². The summed E-state index contributed by atoms with van der Waals surface area (Å²) in [6.45, 7) is 9.78. The lowest BCUT2D eigenvalue weighted by atomic mass is 10.1. The molecule has 19 heavy (non-hydrogen) atoms. The van der Waals surface area contributed by atoms with E-state index in [2.05, 4.69) is 43.4 Å². The summed E-state index contributed by atoms with van der Waals surface area (Å²) < 4.78 is 11.7. The highest BCUT2D eigenvalue weighted by atomic mass is 16.5. The lowest BCUT2D eigenvalue weighted by molar-refractivity contribution is 0.0575. The monoisotopic (exact) mass is 261 g/mol. The summed E-state index contributed by atoms with van der Waals surface area (Å²) in [7, 11) is 0. The molecule has 0 amide bonds. The molecule has 1 N–H and O–H groups in total. The first-order valence-electron chi connectivity index (χ1n) is 6.95. The minimum Gasteiger partial charge on any atom is -0.459 e. The first-order chi connectivity index (χ1) is 9.11. The van der Waals surface area contributed by atoms with E-state index < -0.39 is 0 Å². The van der Waals surface area contributed by atoms with E-state index in [1.165, 1.54) is 5.56 Å². The van der Waals surface area contributed by atoms with E-state index in [9.17, 15) is 0 Å². The number of hydrogen-bond acceptors (Lipinski definition) is 3. The molecule has 1 aromatic heterocycles. The second-order valence-electron chi connectivity index (χ2n) is 5.13. The van der Waals surface area contributed by atoms with Gasteiger partial charge in [0.15, 0.2) is 0 Å². The molecule has 3 heteroatoms. The van der Waals surface area contributed by atoms with Crippen LogP contribution in [0.15, 0.2) is 28.7 Å². The molecule has 0 saturated heterocycles. The van der Waals surface area contributed by atoms with Gasteiger partial charge in [-0.1, -0.05) is 25.1 Å². The summed E-state index contributed by atoms with van der Waals surface area (Å²) in [4.78, 5) is 0. The van der Waals surface area contributed by atoms with Crippen LogP contribution in [0, 0.1) is 6.92 Å². The molecule has 0 aliphatic rings. The van der Waals surface area contributed by atoms with Gasteiger partial charge in [0.25, 0.3) is 0 Å². The second kappa shape index (κ2) is 6.22. The molecule has 0 spiro atoms. The minimum absolute atomic E-state index is 0.110. The average Bonchev–Trinajstić information content (AvgIpc) is 2.79. The highest BCUT2D eigenvalue weighted by molar-refractivity contribution is 5.81. The standard InChI is InChI=1S/C16H23NO2/c1-5-17-14(10-18-11(2)3)15-9-13-8-6-7-12(4)16(13)19-15/h6-9,11,14,17H,5,10H2,1-4H3. The smallest absolute Gasteiger partial charge is 0.137 e. The Labute approximate surface area is 114 Å². The lowest BCUT2D eigenvalue weighted by Gasteiger charge is -2.17. The summed E-state index contributed by atoms with van der Waals surface area (Å²) in [6, 6.07) is 8.44. The normalized spacial score (nSPS) is 13.3. The van der Waals surface area contributed by atoms with Crippen molar-refractivity contribution in [3.8, 4) is 0 Å². The predicted molar refractivity (Wildman–Crippen MR) is 78.5 cm³/mol. The lowest BCUT2D eigenvalue weighted by Crippen LogP contribution is -2.26. The van der Waals surface area contributed by atoms with Crippen molar-refractivity contribution in [3.05, 3.63) is 35.6 Å². The van der Waals surface area contributed by atoms with Crippen LogP contribution in [0.2, 0.25) is 0 Å². The Morgan fingerprint density at radius 2 is 2.11 bits per heavy atom. The molecular weight excluding hydrogens is 238 g/mol.